The highest BCUT2D eigenvalue weighted by Gasteiger charge is 2.36. The Hall–Kier alpha value is -7.44. The van der Waals surface area contributed by atoms with Gasteiger partial charge in [0.25, 0.3) is 11.8 Å². The average molecular weight is 1130 g/mol. The monoisotopic (exact) mass is 1120 g/mol. The molecule has 2 aromatic carbocycles. The third-order valence-corrected chi connectivity index (χ3v) is 15.7. The predicted molar refractivity (Wildman–Crippen MR) is 316 cm³/mol. The second-order valence-corrected chi connectivity index (χ2v) is 22.9. The van der Waals surface area contributed by atoms with Crippen LogP contribution in [0.15, 0.2) is 86.2 Å². The van der Waals surface area contributed by atoms with Gasteiger partial charge in [0.15, 0.2) is 0 Å². The largest absolute Gasteiger partial charge is 0.457 e. The molecule has 4 aromatic rings. The molecule has 4 N–H and O–H groups in total. The van der Waals surface area contributed by atoms with Gasteiger partial charge in [-0.3, -0.25) is 58.3 Å². The number of carbonyl (C=O) groups excluding carboxylic acids is 8. The molecule has 4 amide bonds. The van der Waals surface area contributed by atoms with Crippen LogP contribution in [0.3, 0.4) is 0 Å². The van der Waals surface area contributed by atoms with Crippen LogP contribution in [0.1, 0.15) is 155 Å². The standard InChI is InChI=1S/C33H44N4O5.C31H40N4O5/c1-8-11-21(5)30(38)18-28(20(3)4)31(39)35-22(6)32(40)37-15-10-12-29(36-37)33(41)42-23(7)24-13-14-25-19-34-27(9-2)17-26(25)16-24;1-18(2)26-16-28(36)19(3)8-6-9-25-15-24-14-22(11-12-23(24)17-32-25)21(5)40-31(39)27-10-7-13-35(34-27)30(38)20(4)33-29(26)37/h8-9,13-14,16-17,19-23,28-29,36H,1-2,10-12,15,18H2,3-7H3,(H,35,39);6,9,11-12,14-15,17-21,26-27,34H,7-8,10,13,16H2,1-5H3,(H,33,37)/b;9-6+/t21-,22+,23-,28+,29+;19-,20+,21-,26+,27+/m11/s1. The first-order chi connectivity index (χ1) is 39.0. The minimum absolute atomic E-state index is 0.00165. The van der Waals surface area contributed by atoms with Crippen molar-refractivity contribution in [1.82, 2.24) is 41.5 Å². The van der Waals surface area contributed by atoms with Crippen molar-refractivity contribution in [3.8, 4) is 0 Å². The predicted octanol–water partition coefficient (Wildman–Crippen LogP) is 9.05. The summed E-state index contributed by atoms with van der Waals surface area (Å²) in [7, 11) is 0. The van der Waals surface area contributed by atoms with Gasteiger partial charge in [0.1, 0.15) is 47.9 Å². The van der Waals surface area contributed by atoms with E-state index in [1.807, 2.05) is 116 Å². The highest BCUT2D eigenvalue weighted by molar-refractivity contribution is 5.93. The smallest absolute Gasteiger partial charge is 0.325 e. The molecule has 2 aromatic heterocycles. The Bertz CT molecular complexity index is 3030. The van der Waals surface area contributed by atoms with Crippen LogP contribution in [0.25, 0.3) is 33.7 Å². The number of hydrogen-bond donors (Lipinski definition) is 4. The lowest BCUT2D eigenvalue weighted by molar-refractivity contribution is -0.158. The molecule has 0 radical (unpaired) electrons. The average Bonchev–Trinajstić information content (AvgIpc) is 3.68. The molecule has 18 nitrogen and oxygen atoms in total. The Labute approximate surface area is 482 Å². The summed E-state index contributed by atoms with van der Waals surface area (Å²) in [6, 6.07) is 12.5. The third-order valence-electron chi connectivity index (χ3n) is 15.7. The number of rotatable bonds is 14. The number of amides is 4. The molecule has 0 aliphatic carbocycles. The number of nitrogens with one attached hydrogen (secondary N) is 4. The molecule has 0 unspecified atom stereocenters. The molecule has 0 saturated carbocycles. The summed E-state index contributed by atoms with van der Waals surface area (Å²) >= 11 is 0. The second-order valence-electron chi connectivity index (χ2n) is 22.9. The minimum Gasteiger partial charge on any atom is -0.457 e. The fraction of sp³-hybridized carbons (Fsp3) is 0.500. The maximum Gasteiger partial charge on any atom is 0.325 e. The van der Waals surface area contributed by atoms with Crippen LogP contribution in [0.5, 0.6) is 0 Å². The molecule has 18 heteroatoms. The van der Waals surface area contributed by atoms with E-state index >= 15 is 0 Å². The van der Waals surface area contributed by atoms with Crippen LogP contribution in [0, 0.1) is 35.5 Å². The Morgan fingerprint density at radius 3 is 2.23 bits per heavy atom. The topological polar surface area (TPSA) is 235 Å². The molecule has 7 rings (SSSR count). The summed E-state index contributed by atoms with van der Waals surface area (Å²) in [5, 5.41) is 12.2. The van der Waals surface area contributed by atoms with Gasteiger partial charge in [-0.25, -0.2) is 10.9 Å². The van der Waals surface area contributed by atoms with Gasteiger partial charge in [-0.1, -0.05) is 84.5 Å². The molecule has 2 fully saturated rings. The van der Waals surface area contributed by atoms with Gasteiger partial charge >= 0.3 is 11.9 Å². The molecule has 5 bridgehead atoms. The van der Waals surface area contributed by atoms with Crippen molar-refractivity contribution in [2.75, 3.05) is 13.1 Å². The van der Waals surface area contributed by atoms with Crippen molar-refractivity contribution in [3.05, 3.63) is 109 Å². The van der Waals surface area contributed by atoms with Crippen molar-refractivity contribution in [1.29, 1.82) is 0 Å². The van der Waals surface area contributed by atoms with Gasteiger partial charge in [-0.2, -0.15) is 0 Å². The van der Waals surface area contributed by atoms with E-state index in [9.17, 15) is 38.4 Å². The van der Waals surface area contributed by atoms with Gasteiger partial charge < -0.3 is 20.1 Å². The molecular weight excluding hydrogens is 1040 g/mol. The third kappa shape index (κ3) is 17.1. The SMILES string of the molecule is C=CC[C@@H](C)C(=O)C[C@H](C(=O)N[C@@H](C)C(=O)N1CCC[C@@H](C(=O)O[C@H](C)c2ccc3cnc(C=C)cc3c2)N1)C(C)C.CC(C)[C@@H]1CC(=O)[C@H](C)C/C=C/c2cc3cc(ccc3cn2)[C@@H](C)OC(=O)[C@@H]2CCCN(N2)C(=O)[C@H](C)NC1=O. The number of nitrogens with zero attached hydrogens (tertiary/aromatic N) is 4. The molecule has 3 aliphatic rings. The lowest BCUT2D eigenvalue weighted by Crippen LogP contribution is -2.59. The Morgan fingerprint density at radius 1 is 0.841 bits per heavy atom. The molecule has 2 saturated heterocycles. The number of carbonyl (C=O) groups is 8. The van der Waals surface area contributed by atoms with Crippen molar-refractivity contribution in [3.63, 3.8) is 0 Å². The minimum atomic E-state index is -0.840. The van der Waals surface area contributed by atoms with Crippen LogP contribution in [0.2, 0.25) is 0 Å². The Morgan fingerprint density at radius 2 is 1.54 bits per heavy atom. The van der Waals surface area contributed by atoms with Crippen LogP contribution in [0.4, 0.5) is 0 Å². The molecule has 3 aliphatic heterocycles. The normalized spacial score (nSPS) is 23.0. The van der Waals surface area contributed by atoms with E-state index in [1.54, 1.807) is 38.4 Å². The zero-order valence-corrected chi connectivity index (χ0v) is 49.4. The molecule has 0 spiro atoms. The van der Waals surface area contributed by atoms with Crippen LogP contribution in [-0.2, 0) is 47.8 Å². The second kappa shape index (κ2) is 29.5. The first-order valence-corrected chi connectivity index (χ1v) is 28.9. The van der Waals surface area contributed by atoms with Gasteiger partial charge in [-0.05, 0) is 136 Å². The van der Waals surface area contributed by atoms with Crippen LogP contribution in [-0.4, -0.2) is 104 Å². The van der Waals surface area contributed by atoms with E-state index in [-0.39, 0.29) is 71.7 Å². The number of ether oxygens (including phenoxy) is 2. The number of aromatic nitrogens is 2. The van der Waals surface area contributed by atoms with E-state index in [2.05, 4.69) is 44.6 Å². The van der Waals surface area contributed by atoms with E-state index in [4.69, 9.17) is 9.47 Å². The number of cyclic esters (lactones) is 1. The van der Waals surface area contributed by atoms with Crippen molar-refractivity contribution in [2.24, 2.45) is 35.5 Å². The number of hydrazine groups is 2. The molecule has 10 atom stereocenters. The number of ketones is 2. The summed E-state index contributed by atoms with van der Waals surface area (Å²) in [6.07, 6.45) is 13.3. The number of hydrogen-bond acceptors (Lipinski definition) is 14. The summed E-state index contributed by atoms with van der Waals surface area (Å²) in [5.41, 5.74) is 9.22. The van der Waals surface area contributed by atoms with Gasteiger partial charge in [0.05, 0.1) is 11.4 Å². The summed E-state index contributed by atoms with van der Waals surface area (Å²) in [4.78, 5) is 113. The maximum atomic E-state index is 13.2. The number of benzene rings is 2. The number of allylic oxidation sites excluding steroid dienone is 2. The number of esters is 2. The maximum absolute atomic E-state index is 13.2. The number of Topliss-reactive ketones (excluding diaryl/α,β-unsaturated/α-hetero) is 2. The lowest BCUT2D eigenvalue weighted by Gasteiger charge is -2.35. The lowest BCUT2D eigenvalue weighted by atomic mass is 9.85. The van der Waals surface area contributed by atoms with Gasteiger partial charge in [0, 0.05) is 72.8 Å². The number of pyridine rings is 2. The molecule has 440 valence electrons. The van der Waals surface area contributed by atoms with Crippen LogP contribution < -0.4 is 21.5 Å². The van der Waals surface area contributed by atoms with Crippen LogP contribution >= 0.6 is 0 Å². The van der Waals surface area contributed by atoms with Crippen molar-refractivity contribution in [2.45, 2.75) is 157 Å². The molecule has 5 heterocycles. The van der Waals surface area contributed by atoms with Crippen molar-refractivity contribution < 1.29 is 47.8 Å². The van der Waals surface area contributed by atoms with Gasteiger partial charge in [0.2, 0.25) is 11.8 Å². The fourth-order valence-electron chi connectivity index (χ4n) is 10.2. The van der Waals surface area contributed by atoms with Gasteiger partial charge in [-0.15, -0.1) is 6.58 Å². The summed E-state index contributed by atoms with van der Waals surface area (Å²) in [6.45, 7) is 26.4. The Kier molecular flexibility index (Phi) is 22.9. The van der Waals surface area contributed by atoms with Crippen molar-refractivity contribution >= 4 is 80.8 Å². The number of fused-ring (bicyclic) bond motifs is 5. The quantitative estimate of drug-likeness (QED) is 0.0681. The van der Waals surface area contributed by atoms with E-state index in [0.717, 1.165) is 44.1 Å². The van der Waals surface area contributed by atoms with E-state index in [0.29, 0.717) is 51.6 Å². The summed E-state index contributed by atoms with van der Waals surface area (Å²) < 4.78 is 11.6. The highest BCUT2D eigenvalue weighted by atomic mass is 16.5. The Balaban J connectivity index is 0.000000264. The van der Waals surface area contributed by atoms with E-state index in [1.165, 1.54) is 10.0 Å². The zero-order chi connectivity index (χ0) is 59.9. The first-order valence-electron chi connectivity index (χ1n) is 28.9. The molecular formula is C64H84N8O10. The fourth-order valence-corrected chi connectivity index (χ4v) is 10.2. The zero-order valence-electron chi connectivity index (χ0n) is 49.4. The summed E-state index contributed by atoms with van der Waals surface area (Å²) in [5.74, 6) is -3.98. The highest BCUT2D eigenvalue weighted by Crippen LogP contribution is 2.28. The molecule has 82 heavy (non-hydrogen) atoms. The first kappa shape index (κ1) is 63.7. The van der Waals surface area contributed by atoms with E-state index < -0.39 is 60.1 Å².